The second-order valence-corrected chi connectivity index (χ2v) is 8.53. The van der Waals surface area contributed by atoms with E-state index in [0.717, 1.165) is 33.3 Å². The summed E-state index contributed by atoms with van der Waals surface area (Å²) in [6.45, 7) is 6.98. The van der Waals surface area contributed by atoms with Crippen LogP contribution in [0.5, 0.6) is 0 Å². The van der Waals surface area contributed by atoms with Crippen LogP contribution in [0.4, 0.5) is 0 Å². The first kappa shape index (κ1) is 21.8. The van der Waals surface area contributed by atoms with Crippen molar-refractivity contribution >= 4 is 16.9 Å². The third kappa shape index (κ3) is 3.81. The number of hydrogen-bond donors (Lipinski definition) is 0. The molecular formula is C30H28N2O2. The molecule has 170 valence electrons. The van der Waals surface area contributed by atoms with Crippen LogP contribution in [0.25, 0.3) is 27.7 Å². The lowest BCUT2D eigenvalue weighted by molar-refractivity contribution is 0.0516. The van der Waals surface area contributed by atoms with Crippen LogP contribution in [-0.4, -0.2) is 21.7 Å². The van der Waals surface area contributed by atoms with Gasteiger partial charge >= 0.3 is 5.97 Å². The van der Waals surface area contributed by atoms with Crippen LogP contribution in [0.15, 0.2) is 91.0 Å². The van der Waals surface area contributed by atoms with Gasteiger partial charge in [0.15, 0.2) is 0 Å². The normalized spacial score (nSPS) is 11.1. The van der Waals surface area contributed by atoms with E-state index in [0.29, 0.717) is 18.8 Å². The molecule has 0 aliphatic heterocycles. The molecule has 0 spiro atoms. The molecule has 0 amide bonds. The van der Waals surface area contributed by atoms with Crippen molar-refractivity contribution in [2.45, 2.75) is 27.3 Å². The Morgan fingerprint density at radius 1 is 0.824 bits per heavy atom. The van der Waals surface area contributed by atoms with E-state index in [2.05, 4.69) is 77.6 Å². The van der Waals surface area contributed by atoms with Gasteiger partial charge in [0.2, 0.25) is 0 Å². The summed E-state index contributed by atoms with van der Waals surface area (Å²) in [4.78, 5) is 13.4. The number of fused-ring (bicyclic) bond motifs is 1. The fourth-order valence-corrected chi connectivity index (χ4v) is 4.80. The molecule has 0 aliphatic rings. The summed E-state index contributed by atoms with van der Waals surface area (Å²) < 4.78 is 9.92. The van der Waals surface area contributed by atoms with Gasteiger partial charge in [-0.15, -0.1) is 0 Å². The van der Waals surface area contributed by atoms with Gasteiger partial charge in [0.05, 0.1) is 6.61 Å². The monoisotopic (exact) mass is 448 g/mol. The maximum absolute atomic E-state index is 13.4. The van der Waals surface area contributed by atoms with E-state index in [4.69, 9.17) is 4.74 Å². The first-order chi connectivity index (χ1) is 16.6. The fourth-order valence-electron chi connectivity index (χ4n) is 4.80. The first-order valence-electron chi connectivity index (χ1n) is 11.7. The topological polar surface area (TPSA) is 36.2 Å². The molecule has 0 saturated heterocycles. The Bertz CT molecular complexity index is 1440. The number of rotatable bonds is 6. The molecule has 0 unspecified atom stereocenters. The molecule has 0 aliphatic carbocycles. The van der Waals surface area contributed by atoms with Gasteiger partial charge in [0.25, 0.3) is 0 Å². The molecule has 34 heavy (non-hydrogen) atoms. The summed E-state index contributed by atoms with van der Waals surface area (Å²) in [5, 5.41) is 1.04. The number of carbonyl (C=O) groups excluding carboxylic acids is 1. The minimum absolute atomic E-state index is 0.302. The Morgan fingerprint density at radius 3 is 2.12 bits per heavy atom. The molecule has 2 aromatic heterocycles. The lowest BCUT2D eigenvalue weighted by Crippen LogP contribution is -2.14. The number of ether oxygens (including phenoxy) is 1. The second kappa shape index (κ2) is 9.06. The summed E-state index contributed by atoms with van der Waals surface area (Å²) in [6.07, 6.45) is 0. The van der Waals surface area contributed by atoms with Crippen LogP contribution in [0.3, 0.4) is 0 Å². The molecule has 0 fully saturated rings. The van der Waals surface area contributed by atoms with Crippen LogP contribution in [0, 0.1) is 13.8 Å². The highest BCUT2D eigenvalue weighted by Gasteiger charge is 2.25. The zero-order chi connectivity index (χ0) is 23.7. The van der Waals surface area contributed by atoms with Gasteiger partial charge in [-0.05, 0) is 62.2 Å². The van der Waals surface area contributed by atoms with Gasteiger partial charge in [-0.2, -0.15) is 0 Å². The number of carbonyl (C=O) groups is 1. The summed E-state index contributed by atoms with van der Waals surface area (Å²) in [5.41, 5.74) is 8.07. The summed E-state index contributed by atoms with van der Waals surface area (Å²) in [7, 11) is 0. The maximum atomic E-state index is 13.4. The number of benzene rings is 3. The van der Waals surface area contributed by atoms with Crippen molar-refractivity contribution in [2.24, 2.45) is 0 Å². The van der Waals surface area contributed by atoms with Crippen molar-refractivity contribution < 1.29 is 9.53 Å². The molecule has 5 rings (SSSR count). The minimum atomic E-state index is -0.302. The maximum Gasteiger partial charge on any atom is 0.355 e. The lowest BCUT2D eigenvalue weighted by atomic mass is 10.0. The highest BCUT2D eigenvalue weighted by Crippen LogP contribution is 2.37. The number of esters is 1. The minimum Gasteiger partial charge on any atom is -0.461 e. The molecule has 0 bridgehead atoms. The predicted molar refractivity (Wildman–Crippen MR) is 138 cm³/mol. The van der Waals surface area contributed by atoms with Crippen molar-refractivity contribution in [3.8, 4) is 16.8 Å². The van der Waals surface area contributed by atoms with Gasteiger partial charge in [-0.25, -0.2) is 4.79 Å². The Labute approximate surface area is 200 Å². The van der Waals surface area contributed by atoms with E-state index < -0.39 is 0 Å². The van der Waals surface area contributed by atoms with Gasteiger partial charge < -0.3 is 13.9 Å². The van der Waals surface area contributed by atoms with Crippen LogP contribution < -0.4 is 0 Å². The quantitative estimate of drug-likeness (QED) is 0.264. The fraction of sp³-hybridized carbons (Fsp3) is 0.167. The smallest absolute Gasteiger partial charge is 0.355 e. The van der Waals surface area contributed by atoms with Crippen LogP contribution in [-0.2, 0) is 11.3 Å². The number of aromatic nitrogens is 2. The number of hydrogen-bond acceptors (Lipinski definition) is 2. The zero-order valence-corrected chi connectivity index (χ0v) is 19.8. The molecule has 0 N–H and O–H groups in total. The standard InChI is InChI=1S/C30H28N2O2/c1-4-34-30(33)29-28(24-13-9-6-10-14-24)26-19-25(32-21(2)15-16-22(32)3)17-18-27(26)31(29)20-23-11-7-5-8-12-23/h5-19H,4,20H2,1-3H3. The number of aryl methyl sites for hydroxylation is 2. The van der Waals surface area contributed by atoms with Gasteiger partial charge in [0.1, 0.15) is 5.69 Å². The molecule has 0 saturated carbocycles. The summed E-state index contributed by atoms with van der Waals surface area (Å²) in [6, 6.07) is 31.1. The molecular weight excluding hydrogens is 420 g/mol. The molecule has 4 nitrogen and oxygen atoms in total. The van der Waals surface area contributed by atoms with Gasteiger partial charge in [-0.3, -0.25) is 0 Å². The summed E-state index contributed by atoms with van der Waals surface area (Å²) >= 11 is 0. The Morgan fingerprint density at radius 2 is 1.47 bits per heavy atom. The Balaban J connectivity index is 1.83. The third-order valence-electron chi connectivity index (χ3n) is 6.29. The average Bonchev–Trinajstić information content (AvgIpc) is 3.36. The van der Waals surface area contributed by atoms with E-state index in [9.17, 15) is 4.79 Å². The largest absolute Gasteiger partial charge is 0.461 e. The van der Waals surface area contributed by atoms with Crippen molar-refractivity contribution in [3.05, 3.63) is 114 Å². The molecule has 0 radical (unpaired) electrons. The Hall–Kier alpha value is -4.05. The van der Waals surface area contributed by atoms with Crippen molar-refractivity contribution in [2.75, 3.05) is 6.61 Å². The number of nitrogens with zero attached hydrogens (tertiary/aromatic N) is 2. The molecule has 2 heterocycles. The highest BCUT2D eigenvalue weighted by atomic mass is 16.5. The Kier molecular flexibility index (Phi) is 5.81. The lowest BCUT2D eigenvalue weighted by Gasteiger charge is -2.12. The van der Waals surface area contributed by atoms with Crippen LogP contribution in [0.1, 0.15) is 34.4 Å². The molecule has 3 aromatic carbocycles. The zero-order valence-electron chi connectivity index (χ0n) is 19.8. The second-order valence-electron chi connectivity index (χ2n) is 8.53. The van der Waals surface area contributed by atoms with Gasteiger partial charge in [-0.1, -0.05) is 60.7 Å². The van der Waals surface area contributed by atoms with E-state index in [1.165, 1.54) is 11.4 Å². The molecule has 4 heteroatoms. The summed E-state index contributed by atoms with van der Waals surface area (Å²) in [5.74, 6) is -0.302. The average molecular weight is 449 g/mol. The van der Waals surface area contributed by atoms with E-state index in [1.54, 1.807) is 0 Å². The van der Waals surface area contributed by atoms with E-state index >= 15 is 0 Å². The first-order valence-corrected chi connectivity index (χ1v) is 11.7. The van der Waals surface area contributed by atoms with E-state index in [-0.39, 0.29) is 5.97 Å². The van der Waals surface area contributed by atoms with Gasteiger partial charge in [0, 0.05) is 40.1 Å². The van der Waals surface area contributed by atoms with Crippen molar-refractivity contribution in [1.82, 2.24) is 9.13 Å². The van der Waals surface area contributed by atoms with Crippen LogP contribution in [0.2, 0.25) is 0 Å². The highest BCUT2D eigenvalue weighted by molar-refractivity contribution is 6.09. The molecule has 5 aromatic rings. The van der Waals surface area contributed by atoms with Crippen molar-refractivity contribution in [3.63, 3.8) is 0 Å². The predicted octanol–water partition coefficient (Wildman–Crippen LogP) is 6.94. The van der Waals surface area contributed by atoms with Crippen LogP contribution >= 0.6 is 0 Å². The van der Waals surface area contributed by atoms with Crippen molar-refractivity contribution in [1.29, 1.82) is 0 Å². The molecule has 0 atom stereocenters. The SMILES string of the molecule is CCOC(=O)c1c(-c2ccccc2)c2cc(-n3c(C)ccc3C)ccc2n1Cc1ccccc1. The third-order valence-corrected chi connectivity index (χ3v) is 6.29. The van der Waals surface area contributed by atoms with E-state index in [1.807, 2.05) is 43.3 Å².